The van der Waals surface area contributed by atoms with Crippen molar-refractivity contribution in [1.82, 2.24) is 4.98 Å². The maximum Gasteiger partial charge on any atom is 0.354 e. The largest absolute Gasteiger partial charge is 0.491 e. The van der Waals surface area contributed by atoms with E-state index in [9.17, 15) is 4.79 Å². The molecule has 1 aliphatic heterocycles. The number of hydrogen-bond donors (Lipinski definition) is 1. The van der Waals surface area contributed by atoms with Crippen LogP contribution in [0.25, 0.3) is 0 Å². The zero-order chi connectivity index (χ0) is 13.9. The third kappa shape index (κ3) is 2.30. The monoisotopic (exact) mass is 270 g/mol. The van der Waals surface area contributed by atoms with Crippen molar-refractivity contribution in [2.45, 2.75) is 6.42 Å². The first-order chi connectivity index (χ1) is 9.75. The lowest BCUT2D eigenvalue weighted by Gasteiger charge is -2.22. The summed E-state index contributed by atoms with van der Waals surface area (Å²) in [4.78, 5) is 17.2. The number of benzene rings is 1. The maximum absolute atomic E-state index is 11.0. The van der Waals surface area contributed by atoms with Gasteiger partial charge in [0.2, 0.25) is 0 Å². The van der Waals surface area contributed by atoms with Crippen molar-refractivity contribution < 1.29 is 14.6 Å². The van der Waals surface area contributed by atoms with Gasteiger partial charge in [0.25, 0.3) is 0 Å². The minimum absolute atomic E-state index is 0.0464. The summed E-state index contributed by atoms with van der Waals surface area (Å²) in [5.74, 6) is 0.404. The average molecular weight is 270 g/mol. The van der Waals surface area contributed by atoms with E-state index in [-0.39, 0.29) is 5.69 Å². The van der Waals surface area contributed by atoms with Crippen molar-refractivity contribution in [1.29, 1.82) is 0 Å². The van der Waals surface area contributed by atoms with Crippen molar-refractivity contribution in [2.75, 3.05) is 18.1 Å². The molecular formula is C15H14N2O3. The fourth-order valence-corrected chi connectivity index (χ4v) is 2.26. The summed E-state index contributed by atoms with van der Waals surface area (Å²) >= 11 is 0. The van der Waals surface area contributed by atoms with E-state index in [1.165, 1.54) is 6.07 Å². The van der Waals surface area contributed by atoms with Gasteiger partial charge in [0.15, 0.2) is 5.69 Å². The van der Waals surface area contributed by atoms with E-state index in [2.05, 4.69) is 4.98 Å². The van der Waals surface area contributed by atoms with Gasteiger partial charge in [-0.15, -0.1) is 0 Å². The van der Waals surface area contributed by atoms with Crippen molar-refractivity contribution in [3.8, 4) is 5.75 Å². The Morgan fingerprint density at radius 3 is 2.90 bits per heavy atom. The Morgan fingerprint density at radius 2 is 2.05 bits per heavy atom. The van der Waals surface area contributed by atoms with Gasteiger partial charge < -0.3 is 14.7 Å². The van der Waals surface area contributed by atoms with E-state index in [0.29, 0.717) is 12.4 Å². The minimum atomic E-state index is -1.02. The summed E-state index contributed by atoms with van der Waals surface area (Å²) in [5.41, 5.74) is 0.963. The number of fused-ring (bicyclic) bond motifs is 1. The third-order valence-electron chi connectivity index (χ3n) is 3.17. The molecule has 5 heteroatoms. The van der Waals surface area contributed by atoms with E-state index in [1.54, 1.807) is 6.07 Å². The first-order valence-corrected chi connectivity index (χ1v) is 6.45. The number of ether oxygens (including phenoxy) is 1. The Morgan fingerprint density at radius 1 is 1.20 bits per heavy atom. The molecule has 0 spiro atoms. The fraction of sp³-hybridized carbons (Fsp3) is 0.200. The topological polar surface area (TPSA) is 62.7 Å². The SMILES string of the molecule is O=C(O)c1cccc(N2CCCOc3ccccc32)n1. The molecule has 0 saturated carbocycles. The molecule has 1 aliphatic rings. The number of rotatable bonds is 2. The van der Waals surface area contributed by atoms with Crippen molar-refractivity contribution in [2.24, 2.45) is 0 Å². The van der Waals surface area contributed by atoms with Crippen LogP contribution in [0.1, 0.15) is 16.9 Å². The van der Waals surface area contributed by atoms with Crippen LogP contribution < -0.4 is 9.64 Å². The number of para-hydroxylation sites is 2. The molecule has 102 valence electrons. The molecule has 0 saturated heterocycles. The Balaban J connectivity index is 2.05. The van der Waals surface area contributed by atoms with E-state index < -0.39 is 5.97 Å². The molecule has 1 aromatic heterocycles. The molecule has 2 aromatic rings. The number of hydrogen-bond acceptors (Lipinski definition) is 4. The van der Waals surface area contributed by atoms with E-state index in [1.807, 2.05) is 35.2 Å². The van der Waals surface area contributed by atoms with Gasteiger partial charge in [-0.2, -0.15) is 0 Å². The first-order valence-electron chi connectivity index (χ1n) is 6.45. The van der Waals surface area contributed by atoms with Crippen LogP contribution in [0, 0.1) is 0 Å². The number of aromatic nitrogens is 1. The van der Waals surface area contributed by atoms with Crippen LogP contribution in [-0.4, -0.2) is 29.2 Å². The van der Waals surface area contributed by atoms with Gasteiger partial charge in [0.1, 0.15) is 11.6 Å². The molecule has 3 rings (SSSR count). The Bertz CT molecular complexity index is 643. The number of nitrogens with zero attached hydrogens (tertiary/aromatic N) is 2. The first kappa shape index (κ1) is 12.5. The van der Waals surface area contributed by atoms with Gasteiger partial charge in [-0.1, -0.05) is 18.2 Å². The highest BCUT2D eigenvalue weighted by Crippen LogP contribution is 2.34. The van der Waals surface area contributed by atoms with E-state index in [4.69, 9.17) is 9.84 Å². The second kappa shape index (κ2) is 5.21. The summed E-state index contributed by atoms with van der Waals surface area (Å²) in [6.45, 7) is 1.39. The number of carboxylic acid groups (broad SMARTS) is 1. The summed E-state index contributed by atoms with van der Waals surface area (Å²) in [6, 6.07) is 12.7. The lowest BCUT2D eigenvalue weighted by molar-refractivity contribution is 0.0690. The van der Waals surface area contributed by atoms with Gasteiger partial charge in [0, 0.05) is 6.54 Å². The summed E-state index contributed by atoms with van der Waals surface area (Å²) in [7, 11) is 0. The van der Waals surface area contributed by atoms with E-state index >= 15 is 0 Å². The molecule has 0 aliphatic carbocycles. The van der Waals surface area contributed by atoms with Crippen LogP contribution in [0.3, 0.4) is 0 Å². The molecule has 0 atom stereocenters. The van der Waals surface area contributed by atoms with Gasteiger partial charge in [-0.3, -0.25) is 0 Å². The standard InChI is InChI=1S/C15H14N2O3/c18-15(19)11-5-3-8-14(16-11)17-9-4-10-20-13-7-2-1-6-12(13)17/h1-3,5-8H,4,9-10H2,(H,18,19). The number of carboxylic acids is 1. The third-order valence-corrected chi connectivity index (χ3v) is 3.17. The average Bonchev–Trinajstić information content (AvgIpc) is 2.69. The number of carbonyl (C=O) groups is 1. The van der Waals surface area contributed by atoms with Gasteiger partial charge in [0.05, 0.1) is 12.3 Å². The summed E-state index contributed by atoms with van der Waals surface area (Å²) in [5, 5.41) is 9.05. The maximum atomic E-state index is 11.0. The summed E-state index contributed by atoms with van der Waals surface area (Å²) in [6.07, 6.45) is 0.855. The van der Waals surface area contributed by atoms with E-state index in [0.717, 1.165) is 24.4 Å². The Labute approximate surface area is 116 Å². The quantitative estimate of drug-likeness (QED) is 0.909. The Hall–Kier alpha value is -2.56. The van der Waals surface area contributed by atoms with Gasteiger partial charge in [-0.25, -0.2) is 9.78 Å². The zero-order valence-electron chi connectivity index (χ0n) is 10.8. The molecule has 2 heterocycles. The van der Waals surface area contributed by atoms with Crippen molar-refractivity contribution in [3.63, 3.8) is 0 Å². The molecule has 1 N–H and O–H groups in total. The molecule has 1 aromatic carbocycles. The van der Waals surface area contributed by atoms with Crippen molar-refractivity contribution >= 4 is 17.5 Å². The van der Waals surface area contributed by atoms with Crippen molar-refractivity contribution in [3.05, 3.63) is 48.2 Å². The molecule has 0 bridgehead atoms. The molecule has 0 radical (unpaired) electrons. The fourth-order valence-electron chi connectivity index (χ4n) is 2.26. The second-order valence-electron chi connectivity index (χ2n) is 4.51. The van der Waals surface area contributed by atoms with Crippen LogP contribution in [0.4, 0.5) is 11.5 Å². The molecule has 20 heavy (non-hydrogen) atoms. The molecule has 5 nitrogen and oxygen atoms in total. The van der Waals surface area contributed by atoms with Crippen LogP contribution >= 0.6 is 0 Å². The normalized spacial score (nSPS) is 14.1. The number of anilines is 2. The molecule has 0 amide bonds. The molecule has 0 unspecified atom stereocenters. The van der Waals surface area contributed by atoms with Crippen LogP contribution in [0.5, 0.6) is 5.75 Å². The van der Waals surface area contributed by atoms with Crippen LogP contribution in [-0.2, 0) is 0 Å². The van der Waals surface area contributed by atoms with Crippen LogP contribution in [0.15, 0.2) is 42.5 Å². The van der Waals surface area contributed by atoms with Gasteiger partial charge >= 0.3 is 5.97 Å². The lowest BCUT2D eigenvalue weighted by atomic mass is 10.2. The lowest BCUT2D eigenvalue weighted by Crippen LogP contribution is -2.19. The molecular weight excluding hydrogens is 256 g/mol. The number of pyridine rings is 1. The number of aromatic carboxylic acids is 1. The molecule has 0 fully saturated rings. The highest BCUT2D eigenvalue weighted by molar-refractivity contribution is 5.86. The second-order valence-corrected chi connectivity index (χ2v) is 4.51. The predicted molar refractivity (Wildman–Crippen MR) is 74.8 cm³/mol. The van der Waals surface area contributed by atoms with Gasteiger partial charge in [-0.05, 0) is 30.7 Å². The van der Waals surface area contributed by atoms with Crippen LogP contribution in [0.2, 0.25) is 0 Å². The highest BCUT2D eigenvalue weighted by atomic mass is 16.5. The minimum Gasteiger partial charge on any atom is -0.491 e. The highest BCUT2D eigenvalue weighted by Gasteiger charge is 2.19. The predicted octanol–water partition coefficient (Wildman–Crippen LogP) is 2.70. The zero-order valence-corrected chi connectivity index (χ0v) is 10.8. The Kier molecular flexibility index (Phi) is 3.25. The summed E-state index contributed by atoms with van der Waals surface area (Å²) < 4.78 is 5.69. The smallest absolute Gasteiger partial charge is 0.354 e.